The predicted molar refractivity (Wildman–Crippen MR) is 200 cm³/mol. The maximum absolute atomic E-state index is 14.1. The molecule has 4 aromatic heterocycles. The lowest BCUT2D eigenvalue weighted by Gasteiger charge is -2.17. The SMILES string of the molecule is CCn1nc(C)c2c1C(=O)Nc1nc3cc(C(N)=O)ccc3n1CCC(O)Cn1c(nc3cc(C(N)=O)ccc31)NC(=O)c1cc(C)nn1CCCCC2. The van der Waals surface area contributed by atoms with Gasteiger partial charge >= 0.3 is 0 Å². The highest BCUT2D eigenvalue weighted by atomic mass is 16.3. The summed E-state index contributed by atoms with van der Waals surface area (Å²) >= 11 is 0. The van der Waals surface area contributed by atoms with Gasteiger partial charge in [-0.25, -0.2) is 9.97 Å². The molecule has 17 nitrogen and oxygen atoms in total. The number of nitrogens with one attached hydrogen (secondary N) is 2. The quantitative estimate of drug-likeness (QED) is 0.179. The molecule has 2 aromatic carbocycles. The molecule has 1 atom stereocenters. The number of benzene rings is 2. The Balaban J connectivity index is 1.30. The molecule has 0 bridgehead atoms. The molecule has 0 radical (unpaired) electrons. The van der Waals surface area contributed by atoms with Gasteiger partial charge in [-0.05, 0) is 88.9 Å². The lowest BCUT2D eigenvalue weighted by molar-refractivity contribution is 0.0992. The van der Waals surface area contributed by atoms with Gasteiger partial charge in [-0.3, -0.25) is 39.2 Å². The molecule has 5 heterocycles. The van der Waals surface area contributed by atoms with Crippen LogP contribution in [0.15, 0.2) is 42.5 Å². The summed E-state index contributed by atoms with van der Waals surface area (Å²) in [5, 5.41) is 26.7. The molecule has 17 heteroatoms. The van der Waals surface area contributed by atoms with E-state index >= 15 is 0 Å². The van der Waals surface area contributed by atoms with Gasteiger partial charge < -0.3 is 25.7 Å². The molecule has 0 aliphatic carbocycles. The molecule has 1 aliphatic heterocycles. The molecule has 0 fully saturated rings. The predicted octanol–water partition coefficient (Wildman–Crippen LogP) is 3.30. The fraction of sp³-hybridized carbons (Fsp3) is 0.351. The molecule has 1 unspecified atom stereocenters. The molecule has 0 saturated heterocycles. The lowest BCUT2D eigenvalue weighted by atomic mass is 10.0. The van der Waals surface area contributed by atoms with Crippen LogP contribution in [-0.4, -0.2) is 73.5 Å². The number of aryl methyl sites for hydroxylation is 5. The van der Waals surface area contributed by atoms with Crippen molar-refractivity contribution >= 4 is 57.6 Å². The number of imidazole rings is 2. The summed E-state index contributed by atoms with van der Waals surface area (Å²) in [6, 6.07) is 11.4. The van der Waals surface area contributed by atoms with Crippen molar-refractivity contribution in [1.29, 1.82) is 0 Å². The Morgan fingerprint density at radius 2 is 1.46 bits per heavy atom. The van der Waals surface area contributed by atoms with E-state index in [-0.39, 0.29) is 48.4 Å². The molecule has 4 amide bonds. The van der Waals surface area contributed by atoms with E-state index in [1.165, 1.54) is 0 Å². The summed E-state index contributed by atoms with van der Waals surface area (Å²) in [6.45, 7) is 6.82. The largest absolute Gasteiger partial charge is 0.391 e. The first-order chi connectivity index (χ1) is 25.9. The van der Waals surface area contributed by atoms with Gasteiger partial charge in [0.1, 0.15) is 11.4 Å². The van der Waals surface area contributed by atoms with Gasteiger partial charge in [0, 0.05) is 36.3 Å². The third kappa shape index (κ3) is 6.92. The van der Waals surface area contributed by atoms with E-state index in [4.69, 9.17) is 16.5 Å². The lowest BCUT2D eigenvalue weighted by Crippen LogP contribution is -2.24. The minimum atomic E-state index is -0.989. The Morgan fingerprint density at radius 3 is 2.11 bits per heavy atom. The fourth-order valence-corrected chi connectivity index (χ4v) is 7.11. The van der Waals surface area contributed by atoms with E-state index in [1.54, 1.807) is 61.0 Å². The van der Waals surface area contributed by atoms with Crippen LogP contribution in [0.3, 0.4) is 0 Å². The van der Waals surface area contributed by atoms with Gasteiger partial charge in [0.15, 0.2) is 0 Å². The number of rotatable bonds is 3. The third-order valence-electron chi connectivity index (χ3n) is 9.79. The summed E-state index contributed by atoms with van der Waals surface area (Å²) in [6.07, 6.45) is 2.09. The first kappa shape index (κ1) is 36.0. The van der Waals surface area contributed by atoms with Gasteiger partial charge in [0.25, 0.3) is 11.8 Å². The van der Waals surface area contributed by atoms with Gasteiger partial charge in [0.05, 0.1) is 46.1 Å². The molecule has 1 aliphatic rings. The molecule has 7 rings (SSSR count). The standard InChI is InChI=1S/C37H42N12O5/c1-4-48-31-25(21(3)45-48)8-6-5-7-14-49-30(16-20(2)44-49)34(53)42-37-41-27-18-23(33(39)52)10-12-29(27)47(37)19-24(50)13-15-46-28-11-9-22(32(38)51)17-26(28)40-36(46)43-35(31)54/h9-12,16-18,24,50H,4-8,13-15,19H2,1-3H3,(H2,38,51)(H2,39,52)(H,40,43,54)(H,41,42,53). The molecule has 6 aromatic rings. The van der Waals surface area contributed by atoms with Gasteiger partial charge in [0.2, 0.25) is 23.7 Å². The van der Waals surface area contributed by atoms with Crippen molar-refractivity contribution in [3.63, 3.8) is 0 Å². The number of amides is 4. The highest BCUT2D eigenvalue weighted by Crippen LogP contribution is 2.27. The van der Waals surface area contributed by atoms with Crippen LogP contribution in [0.1, 0.15) is 91.3 Å². The number of aromatic nitrogens is 8. The van der Waals surface area contributed by atoms with Crippen molar-refractivity contribution < 1.29 is 24.3 Å². The first-order valence-corrected chi connectivity index (χ1v) is 17.9. The van der Waals surface area contributed by atoms with Crippen molar-refractivity contribution in [2.24, 2.45) is 11.5 Å². The van der Waals surface area contributed by atoms with E-state index in [1.807, 2.05) is 20.8 Å². The second-order valence-corrected chi connectivity index (χ2v) is 13.6. The number of carbonyl (C=O) groups is 4. The zero-order chi connectivity index (χ0) is 38.3. The Morgan fingerprint density at radius 1 is 0.833 bits per heavy atom. The average Bonchev–Trinajstić information content (AvgIpc) is 3.87. The van der Waals surface area contributed by atoms with Crippen molar-refractivity contribution in [2.75, 3.05) is 10.6 Å². The second-order valence-electron chi connectivity index (χ2n) is 13.6. The van der Waals surface area contributed by atoms with E-state index < -0.39 is 23.8 Å². The van der Waals surface area contributed by atoms with E-state index in [0.717, 1.165) is 30.5 Å². The zero-order valence-electron chi connectivity index (χ0n) is 30.3. The molecule has 280 valence electrons. The number of primary amides is 2. The van der Waals surface area contributed by atoms with Gasteiger partial charge in [-0.15, -0.1) is 0 Å². The zero-order valence-corrected chi connectivity index (χ0v) is 30.3. The molecule has 0 spiro atoms. The summed E-state index contributed by atoms with van der Waals surface area (Å²) in [4.78, 5) is 61.3. The van der Waals surface area contributed by atoms with Crippen LogP contribution < -0.4 is 22.1 Å². The third-order valence-corrected chi connectivity index (χ3v) is 9.79. The fourth-order valence-electron chi connectivity index (χ4n) is 7.11. The number of aliphatic hydroxyl groups excluding tert-OH is 1. The number of hydrogen-bond acceptors (Lipinski definition) is 9. The number of nitrogens with zero attached hydrogens (tertiary/aromatic N) is 8. The maximum atomic E-state index is 14.1. The highest BCUT2D eigenvalue weighted by molar-refractivity contribution is 6.05. The summed E-state index contributed by atoms with van der Waals surface area (Å²) < 4.78 is 6.83. The molecular formula is C37H42N12O5. The monoisotopic (exact) mass is 734 g/mol. The average molecular weight is 735 g/mol. The maximum Gasteiger partial charge on any atom is 0.276 e. The van der Waals surface area contributed by atoms with Crippen molar-refractivity contribution in [3.8, 4) is 0 Å². The van der Waals surface area contributed by atoms with Crippen LogP contribution in [-0.2, 0) is 32.6 Å². The number of hydrogen-bond donors (Lipinski definition) is 5. The Hall–Kier alpha value is -6.36. The van der Waals surface area contributed by atoms with Crippen LogP contribution in [0, 0.1) is 13.8 Å². The van der Waals surface area contributed by atoms with E-state index in [9.17, 15) is 24.3 Å². The van der Waals surface area contributed by atoms with Crippen molar-refractivity contribution in [2.45, 2.75) is 85.2 Å². The van der Waals surface area contributed by atoms with Gasteiger partial charge in [-0.1, -0.05) is 6.42 Å². The van der Waals surface area contributed by atoms with E-state index in [0.29, 0.717) is 58.7 Å². The topological polar surface area (TPSA) is 236 Å². The normalized spacial score (nSPS) is 16.1. The second kappa shape index (κ2) is 14.6. The summed E-state index contributed by atoms with van der Waals surface area (Å²) in [7, 11) is 0. The van der Waals surface area contributed by atoms with Crippen LogP contribution in [0.5, 0.6) is 0 Å². The number of nitrogens with two attached hydrogens (primary N) is 2. The number of carbonyl (C=O) groups excluding carboxylic acids is 4. The summed E-state index contributed by atoms with van der Waals surface area (Å²) in [5.74, 6) is -1.64. The Bertz CT molecular complexity index is 2450. The van der Waals surface area contributed by atoms with E-state index in [2.05, 4.69) is 25.8 Å². The van der Waals surface area contributed by atoms with Crippen LogP contribution in [0.25, 0.3) is 22.1 Å². The number of fused-ring (bicyclic) bond motifs is 8. The molecule has 54 heavy (non-hydrogen) atoms. The minimum Gasteiger partial charge on any atom is -0.391 e. The smallest absolute Gasteiger partial charge is 0.276 e. The Kier molecular flexibility index (Phi) is 9.72. The van der Waals surface area contributed by atoms with Crippen LogP contribution in [0.4, 0.5) is 11.9 Å². The van der Waals surface area contributed by atoms with Gasteiger partial charge in [-0.2, -0.15) is 10.2 Å². The minimum absolute atomic E-state index is 0.0127. The van der Waals surface area contributed by atoms with Crippen molar-refractivity contribution in [3.05, 3.63) is 81.9 Å². The van der Waals surface area contributed by atoms with Crippen LogP contribution >= 0.6 is 0 Å². The number of aliphatic hydroxyl groups is 1. The molecule has 0 saturated carbocycles. The molecular weight excluding hydrogens is 692 g/mol. The number of anilines is 2. The molecule has 7 N–H and O–H groups in total. The highest BCUT2D eigenvalue weighted by Gasteiger charge is 2.25. The van der Waals surface area contributed by atoms with Crippen molar-refractivity contribution in [1.82, 2.24) is 38.7 Å². The van der Waals surface area contributed by atoms with Crippen LogP contribution in [0.2, 0.25) is 0 Å². The Labute approximate surface area is 309 Å². The first-order valence-electron chi connectivity index (χ1n) is 17.9. The summed E-state index contributed by atoms with van der Waals surface area (Å²) in [5.41, 5.74) is 16.7.